The second kappa shape index (κ2) is 3.22. The van der Waals surface area contributed by atoms with Crippen LogP contribution in [0, 0.1) is 0 Å². The van der Waals surface area contributed by atoms with Gasteiger partial charge in [-0.15, -0.1) is 0 Å². The van der Waals surface area contributed by atoms with Crippen LogP contribution in [0.2, 0.25) is 0 Å². The first-order chi connectivity index (χ1) is 7.93. The topological polar surface area (TPSA) is 28.3 Å². The molecule has 0 bridgehead atoms. The number of anilines is 1. The van der Waals surface area contributed by atoms with Gasteiger partial charge in [-0.05, 0) is 18.6 Å². The second-order valence-corrected chi connectivity index (χ2v) is 4.86. The van der Waals surface area contributed by atoms with Crippen molar-refractivity contribution < 1.29 is 9.47 Å². The van der Waals surface area contributed by atoms with Crippen molar-refractivity contribution in [3.8, 4) is 0 Å². The number of benzene rings is 1. The normalized spacial score (nSPS) is 40.4. The molecule has 3 heterocycles. The molecule has 4 rings (SSSR count). The summed E-state index contributed by atoms with van der Waals surface area (Å²) in [5.74, 6) is 0. The molecule has 4 atom stereocenters. The van der Waals surface area contributed by atoms with E-state index >= 15 is 0 Å². The van der Waals surface area contributed by atoms with Crippen LogP contribution in [0.3, 0.4) is 0 Å². The van der Waals surface area contributed by atoms with Crippen molar-refractivity contribution >= 4 is 5.69 Å². The predicted octanol–water partition coefficient (Wildman–Crippen LogP) is 1.43. The first-order valence-electron chi connectivity index (χ1n) is 6.00. The number of ether oxygens (including phenoxy) is 2. The highest BCUT2D eigenvalue weighted by Crippen LogP contribution is 2.42. The maximum atomic E-state index is 5.43. The summed E-state index contributed by atoms with van der Waals surface area (Å²) in [6, 6.07) is 11.8. The fraction of sp³-hybridized carbons (Fsp3) is 0.538. The lowest BCUT2D eigenvalue weighted by molar-refractivity contribution is 0.227. The van der Waals surface area contributed by atoms with E-state index in [2.05, 4.69) is 35.2 Å². The van der Waals surface area contributed by atoms with Crippen molar-refractivity contribution in [2.45, 2.75) is 30.7 Å². The summed E-state index contributed by atoms with van der Waals surface area (Å²) in [6.07, 6.45) is 2.16. The highest BCUT2D eigenvalue weighted by atomic mass is 16.6. The Hall–Kier alpha value is -1.06. The molecule has 0 radical (unpaired) electrons. The molecule has 3 fully saturated rings. The van der Waals surface area contributed by atoms with Crippen molar-refractivity contribution in [2.75, 3.05) is 18.1 Å². The lowest BCUT2D eigenvalue weighted by Crippen LogP contribution is -2.61. The molecule has 1 aromatic rings. The maximum absolute atomic E-state index is 5.43. The Bertz CT molecular complexity index is 368. The average Bonchev–Trinajstić information content (AvgIpc) is 3.12. The summed E-state index contributed by atoms with van der Waals surface area (Å²) in [7, 11) is 0. The Morgan fingerprint density at radius 3 is 2.00 bits per heavy atom. The quantitative estimate of drug-likeness (QED) is 0.717. The van der Waals surface area contributed by atoms with Crippen molar-refractivity contribution in [2.24, 2.45) is 0 Å². The molecule has 1 aromatic carbocycles. The molecule has 0 amide bonds. The van der Waals surface area contributed by atoms with E-state index in [0.717, 1.165) is 13.2 Å². The van der Waals surface area contributed by atoms with Crippen LogP contribution in [0.5, 0.6) is 0 Å². The van der Waals surface area contributed by atoms with Crippen LogP contribution >= 0.6 is 0 Å². The monoisotopic (exact) mass is 217 g/mol. The van der Waals surface area contributed by atoms with Gasteiger partial charge in [-0.25, -0.2) is 0 Å². The summed E-state index contributed by atoms with van der Waals surface area (Å²) in [5, 5.41) is 0. The van der Waals surface area contributed by atoms with Crippen LogP contribution in [-0.2, 0) is 9.47 Å². The number of rotatable bonds is 3. The minimum atomic E-state index is 0.468. The number of nitrogens with zero attached hydrogens (tertiary/aromatic N) is 1. The largest absolute Gasteiger partial charge is 0.371 e. The molecule has 84 valence electrons. The van der Waals surface area contributed by atoms with E-state index in [-0.39, 0.29) is 0 Å². The lowest BCUT2D eigenvalue weighted by Gasteiger charge is -2.49. The molecule has 16 heavy (non-hydrogen) atoms. The molecule has 3 nitrogen and oxygen atoms in total. The summed E-state index contributed by atoms with van der Waals surface area (Å²) < 4.78 is 10.9. The van der Waals surface area contributed by atoms with Gasteiger partial charge in [-0.3, -0.25) is 0 Å². The highest BCUT2D eigenvalue weighted by molar-refractivity contribution is 5.53. The van der Waals surface area contributed by atoms with Crippen LogP contribution in [0.4, 0.5) is 5.69 Å². The van der Waals surface area contributed by atoms with Gasteiger partial charge in [0, 0.05) is 5.69 Å². The highest BCUT2D eigenvalue weighted by Gasteiger charge is 2.53. The van der Waals surface area contributed by atoms with Crippen LogP contribution in [-0.4, -0.2) is 37.5 Å². The zero-order chi connectivity index (χ0) is 10.5. The van der Waals surface area contributed by atoms with Gasteiger partial charge in [0.2, 0.25) is 0 Å². The zero-order valence-electron chi connectivity index (χ0n) is 9.08. The van der Waals surface area contributed by atoms with Gasteiger partial charge in [-0.1, -0.05) is 18.2 Å². The summed E-state index contributed by atoms with van der Waals surface area (Å²) in [6.45, 7) is 1.87. The van der Waals surface area contributed by atoms with E-state index < -0.39 is 0 Å². The molecule has 0 spiro atoms. The minimum Gasteiger partial charge on any atom is -0.371 e. The van der Waals surface area contributed by atoms with Crippen molar-refractivity contribution in [1.82, 2.24) is 0 Å². The van der Waals surface area contributed by atoms with E-state index in [0.29, 0.717) is 24.3 Å². The number of para-hydroxylation sites is 1. The van der Waals surface area contributed by atoms with Crippen LogP contribution in [0.15, 0.2) is 30.3 Å². The molecule has 0 N–H and O–H groups in total. The second-order valence-electron chi connectivity index (χ2n) is 4.86. The number of hydrogen-bond donors (Lipinski definition) is 0. The van der Waals surface area contributed by atoms with Crippen molar-refractivity contribution in [3.63, 3.8) is 0 Å². The average molecular weight is 217 g/mol. The van der Waals surface area contributed by atoms with E-state index in [1.54, 1.807) is 0 Å². The lowest BCUT2D eigenvalue weighted by atomic mass is 9.87. The van der Waals surface area contributed by atoms with Gasteiger partial charge >= 0.3 is 0 Å². The van der Waals surface area contributed by atoms with E-state index in [1.807, 2.05) is 0 Å². The van der Waals surface area contributed by atoms with Gasteiger partial charge < -0.3 is 14.4 Å². The van der Waals surface area contributed by atoms with Crippen molar-refractivity contribution in [1.29, 1.82) is 0 Å². The SMILES string of the molecule is c1ccc(N2C(C3CO3)CC2C2CO2)cc1. The van der Waals surface area contributed by atoms with Gasteiger partial charge in [0.05, 0.1) is 25.3 Å². The van der Waals surface area contributed by atoms with Gasteiger partial charge in [-0.2, -0.15) is 0 Å². The fourth-order valence-corrected chi connectivity index (χ4v) is 2.78. The van der Waals surface area contributed by atoms with E-state index in [4.69, 9.17) is 9.47 Å². The molecule has 3 saturated heterocycles. The van der Waals surface area contributed by atoms with Crippen molar-refractivity contribution in [3.05, 3.63) is 30.3 Å². The Kier molecular flexibility index (Phi) is 1.81. The third-order valence-corrected chi connectivity index (χ3v) is 3.83. The molecule has 0 aromatic heterocycles. The van der Waals surface area contributed by atoms with E-state index in [1.165, 1.54) is 12.1 Å². The number of hydrogen-bond acceptors (Lipinski definition) is 3. The van der Waals surface area contributed by atoms with Gasteiger partial charge in [0.1, 0.15) is 12.2 Å². The Balaban J connectivity index is 1.60. The molecule has 3 heteroatoms. The standard InChI is InChI=1S/C13H15NO2/c1-2-4-9(5-3-1)14-10(12-7-15-12)6-11(14)13-8-16-13/h1-5,10-13H,6-8H2. The summed E-state index contributed by atoms with van der Waals surface area (Å²) in [5.41, 5.74) is 1.31. The molecule has 3 aliphatic rings. The maximum Gasteiger partial charge on any atom is 0.101 e. The van der Waals surface area contributed by atoms with Crippen LogP contribution < -0.4 is 4.90 Å². The zero-order valence-corrected chi connectivity index (χ0v) is 9.08. The van der Waals surface area contributed by atoms with E-state index in [9.17, 15) is 0 Å². The Labute approximate surface area is 95.0 Å². The predicted molar refractivity (Wildman–Crippen MR) is 60.6 cm³/mol. The molecule has 4 unspecified atom stereocenters. The summed E-state index contributed by atoms with van der Waals surface area (Å²) >= 11 is 0. The fourth-order valence-electron chi connectivity index (χ4n) is 2.78. The first-order valence-corrected chi connectivity index (χ1v) is 6.00. The Morgan fingerprint density at radius 1 is 0.938 bits per heavy atom. The minimum absolute atomic E-state index is 0.468. The molecule has 3 aliphatic heterocycles. The third kappa shape index (κ3) is 1.35. The number of epoxide rings is 2. The first kappa shape index (κ1) is 9.02. The smallest absolute Gasteiger partial charge is 0.101 e. The molecule has 0 aliphatic carbocycles. The Morgan fingerprint density at radius 2 is 1.50 bits per heavy atom. The van der Waals surface area contributed by atoms with Gasteiger partial charge in [0.15, 0.2) is 0 Å². The molecular formula is C13H15NO2. The van der Waals surface area contributed by atoms with Crippen LogP contribution in [0.1, 0.15) is 6.42 Å². The third-order valence-electron chi connectivity index (χ3n) is 3.83. The molecule has 0 saturated carbocycles. The molecular weight excluding hydrogens is 202 g/mol. The van der Waals surface area contributed by atoms with Gasteiger partial charge in [0.25, 0.3) is 0 Å². The summed E-state index contributed by atoms with van der Waals surface area (Å²) in [4.78, 5) is 2.50. The van der Waals surface area contributed by atoms with Crippen LogP contribution in [0.25, 0.3) is 0 Å².